The highest BCUT2D eigenvalue weighted by atomic mass is 16.5. The van der Waals surface area contributed by atoms with Gasteiger partial charge in [0.2, 0.25) is 5.91 Å². The van der Waals surface area contributed by atoms with E-state index in [4.69, 9.17) is 4.74 Å². The SMILES string of the molecule is CC(C)[C@H](NC(=O)OCc1ccccc1)C(=O)N1c2ccccc2C[C@H]1C(=O)N[C@@H]1CCCc2ccccc21. The van der Waals surface area contributed by atoms with Gasteiger partial charge in [0.05, 0.1) is 6.04 Å². The second kappa shape index (κ2) is 11.7. The van der Waals surface area contributed by atoms with Gasteiger partial charge in [-0.15, -0.1) is 0 Å². The van der Waals surface area contributed by atoms with Crippen LogP contribution >= 0.6 is 0 Å². The van der Waals surface area contributed by atoms with Crippen molar-refractivity contribution in [2.45, 2.75) is 64.3 Å². The molecule has 3 atom stereocenters. The Morgan fingerprint density at radius 1 is 0.923 bits per heavy atom. The summed E-state index contributed by atoms with van der Waals surface area (Å²) in [7, 11) is 0. The summed E-state index contributed by atoms with van der Waals surface area (Å²) in [5.74, 6) is -0.727. The summed E-state index contributed by atoms with van der Waals surface area (Å²) < 4.78 is 5.40. The van der Waals surface area contributed by atoms with Gasteiger partial charge in [0.25, 0.3) is 5.91 Å². The van der Waals surface area contributed by atoms with Crippen molar-refractivity contribution < 1.29 is 19.1 Å². The van der Waals surface area contributed by atoms with Crippen molar-refractivity contribution >= 4 is 23.6 Å². The molecular formula is C32H35N3O4. The predicted octanol–water partition coefficient (Wildman–Crippen LogP) is 5.09. The van der Waals surface area contributed by atoms with Crippen molar-refractivity contribution in [2.75, 3.05) is 4.90 Å². The minimum Gasteiger partial charge on any atom is -0.445 e. The molecule has 0 unspecified atom stereocenters. The number of nitrogens with one attached hydrogen (secondary N) is 2. The molecule has 39 heavy (non-hydrogen) atoms. The lowest BCUT2D eigenvalue weighted by atomic mass is 9.87. The molecule has 1 aliphatic carbocycles. The zero-order valence-corrected chi connectivity index (χ0v) is 22.4. The molecule has 7 heteroatoms. The number of alkyl carbamates (subject to hydrolysis) is 1. The van der Waals surface area contributed by atoms with Crippen molar-refractivity contribution in [3.8, 4) is 0 Å². The number of amides is 3. The first-order chi connectivity index (χ1) is 18.9. The van der Waals surface area contributed by atoms with Gasteiger partial charge in [-0.05, 0) is 53.5 Å². The highest BCUT2D eigenvalue weighted by Gasteiger charge is 2.42. The van der Waals surface area contributed by atoms with Gasteiger partial charge in [-0.3, -0.25) is 14.5 Å². The number of para-hydroxylation sites is 1. The van der Waals surface area contributed by atoms with Crippen LogP contribution in [0.3, 0.4) is 0 Å². The van der Waals surface area contributed by atoms with Crippen LogP contribution in [0, 0.1) is 5.92 Å². The molecule has 3 aromatic carbocycles. The number of aryl methyl sites for hydroxylation is 1. The van der Waals surface area contributed by atoms with Gasteiger partial charge in [-0.1, -0.05) is 86.6 Å². The maximum atomic E-state index is 14.0. The van der Waals surface area contributed by atoms with Crippen molar-refractivity contribution in [2.24, 2.45) is 5.92 Å². The number of ether oxygens (including phenoxy) is 1. The molecule has 0 bridgehead atoms. The topological polar surface area (TPSA) is 87.7 Å². The van der Waals surface area contributed by atoms with E-state index in [2.05, 4.69) is 22.8 Å². The number of carbonyl (C=O) groups excluding carboxylic acids is 3. The molecule has 0 aromatic heterocycles. The van der Waals surface area contributed by atoms with E-state index in [9.17, 15) is 14.4 Å². The number of anilines is 1. The van der Waals surface area contributed by atoms with Crippen LogP contribution in [-0.2, 0) is 33.8 Å². The molecule has 5 rings (SSSR count). The maximum absolute atomic E-state index is 14.0. The predicted molar refractivity (Wildman–Crippen MR) is 150 cm³/mol. The zero-order valence-electron chi connectivity index (χ0n) is 22.4. The van der Waals surface area contributed by atoms with Crippen LogP contribution in [0.4, 0.5) is 10.5 Å². The fourth-order valence-electron chi connectivity index (χ4n) is 5.60. The number of carbonyl (C=O) groups is 3. The first-order valence-electron chi connectivity index (χ1n) is 13.7. The van der Waals surface area contributed by atoms with E-state index in [0.717, 1.165) is 36.0 Å². The van der Waals surface area contributed by atoms with Crippen LogP contribution in [0.2, 0.25) is 0 Å². The molecule has 202 valence electrons. The molecule has 3 amide bonds. The van der Waals surface area contributed by atoms with E-state index in [1.807, 2.05) is 80.6 Å². The molecule has 0 spiro atoms. The Labute approximate surface area is 229 Å². The Morgan fingerprint density at radius 3 is 2.38 bits per heavy atom. The Morgan fingerprint density at radius 2 is 1.62 bits per heavy atom. The molecule has 2 aliphatic rings. The van der Waals surface area contributed by atoms with Gasteiger partial charge in [0, 0.05) is 12.1 Å². The summed E-state index contributed by atoms with van der Waals surface area (Å²) in [5.41, 5.74) is 4.90. The first kappa shape index (κ1) is 26.5. The maximum Gasteiger partial charge on any atom is 0.408 e. The molecule has 0 radical (unpaired) electrons. The third-order valence-corrected chi connectivity index (χ3v) is 7.62. The molecule has 0 fully saturated rings. The molecule has 1 aliphatic heterocycles. The van der Waals surface area contributed by atoms with Crippen molar-refractivity contribution in [3.63, 3.8) is 0 Å². The van der Waals surface area contributed by atoms with E-state index >= 15 is 0 Å². The van der Waals surface area contributed by atoms with E-state index in [-0.39, 0.29) is 30.4 Å². The first-order valence-corrected chi connectivity index (χ1v) is 13.7. The van der Waals surface area contributed by atoms with Crippen molar-refractivity contribution in [3.05, 3.63) is 101 Å². The molecule has 2 N–H and O–H groups in total. The summed E-state index contributed by atoms with van der Waals surface area (Å²) in [6.07, 6.45) is 2.62. The smallest absolute Gasteiger partial charge is 0.408 e. The van der Waals surface area contributed by atoms with Crippen LogP contribution in [0.5, 0.6) is 0 Å². The van der Waals surface area contributed by atoms with E-state index in [1.54, 1.807) is 4.90 Å². The number of hydrogen-bond donors (Lipinski definition) is 2. The number of nitrogens with zero attached hydrogens (tertiary/aromatic N) is 1. The number of rotatable bonds is 7. The quantitative estimate of drug-likeness (QED) is 0.450. The minimum atomic E-state index is -0.856. The highest BCUT2D eigenvalue weighted by molar-refractivity contribution is 6.06. The standard InChI is InChI=1S/C32H35N3O4/c1-21(2)29(34-32(38)39-20-22-11-4-3-5-12-22)31(37)35-27-18-9-7-14-24(27)19-28(35)30(36)33-26-17-10-15-23-13-6-8-16-25(23)26/h3-9,11-14,16,18,21,26,28-29H,10,15,17,19-20H2,1-2H3,(H,33,36)(H,34,38)/t26-,28+,29+/m1/s1. The average Bonchev–Trinajstić information content (AvgIpc) is 3.35. The number of hydrogen-bond acceptors (Lipinski definition) is 4. The normalized spacial score (nSPS) is 18.6. The molecule has 0 saturated heterocycles. The van der Waals surface area contributed by atoms with Gasteiger partial charge >= 0.3 is 6.09 Å². The average molecular weight is 526 g/mol. The number of benzene rings is 3. The lowest BCUT2D eigenvalue weighted by Crippen LogP contribution is -2.56. The third kappa shape index (κ3) is 5.82. The van der Waals surface area contributed by atoms with Crippen LogP contribution in [0.25, 0.3) is 0 Å². The van der Waals surface area contributed by atoms with Gasteiger partial charge in [0.1, 0.15) is 18.7 Å². The van der Waals surface area contributed by atoms with Gasteiger partial charge < -0.3 is 15.4 Å². The summed E-state index contributed by atoms with van der Waals surface area (Å²) in [6.45, 7) is 3.85. The molecule has 7 nitrogen and oxygen atoms in total. The molecular weight excluding hydrogens is 490 g/mol. The van der Waals surface area contributed by atoms with Crippen LogP contribution in [0.1, 0.15) is 55.0 Å². The Kier molecular flexibility index (Phi) is 7.96. The molecule has 1 heterocycles. The highest BCUT2D eigenvalue weighted by Crippen LogP contribution is 2.35. The molecule has 3 aromatic rings. The molecule has 0 saturated carbocycles. The monoisotopic (exact) mass is 525 g/mol. The fraction of sp³-hybridized carbons (Fsp3) is 0.344. The Balaban J connectivity index is 1.34. The summed E-state index contributed by atoms with van der Waals surface area (Å²) in [4.78, 5) is 42.1. The van der Waals surface area contributed by atoms with Crippen LogP contribution < -0.4 is 15.5 Å². The largest absolute Gasteiger partial charge is 0.445 e. The van der Waals surface area contributed by atoms with E-state index in [1.165, 1.54) is 5.56 Å². The fourth-order valence-corrected chi connectivity index (χ4v) is 5.60. The lowest BCUT2D eigenvalue weighted by Gasteiger charge is -2.32. The summed E-state index contributed by atoms with van der Waals surface area (Å²) in [5, 5.41) is 6.00. The second-order valence-corrected chi connectivity index (χ2v) is 10.6. The summed E-state index contributed by atoms with van der Waals surface area (Å²) in [6, 6.07) is 23.5. The Bertz CT molecular complexity index is 1340. The Hall–Kier alpha value is -4.13. The minimum absolute atomic E-state index is 0.0879. The number of fused-ring (bicyclic) bond motifs is 2. The zero-order chi connectivity index (χ0) is 27.4. The van der Waals surface area contributed by atoms with Crippen molar-refractivity contribution in [1.29, 1.82) is 0 Å². The second-order valence-electron chi connectivity index (χ2n) is 10.6. The van der Waals surface area contributed by atoms with Gasteiger partial charge in [0.15, 0.2) is 0 Å². The van der Waals surface area contributed by atoms with E-state index < -0.39 is 18.2 Å². The van der Waals surface area contributed by atoms with Crippen LogP contribution in [-0.4, -0.2) is 30.0 Å². The van der Waals surface area contributed by atoms with Gasteiger partial charge in [-0.2, -0.15) is 0 Å². The summed E-state index contributed by atoms with van der Waals surface area (Å²) >= 11 is 0. The van der Waals surface area contributed by atoms with Crippen LogP contribution in [0.15, 0.2) is 78.9 Å². The third-order valence-electron chi connectivity index (χ3n) is 7.62. The lowest BCUT2D eigenvalue weighted by molar-refractivity contribution is -0.128. The van der Waals surface area contributed by atoms with Crippen molar-refractivity contribution in [1.82, 2.24) is 10.6 Å². The van der Waals surface area contributed by atoms with Gasteiger partial charge in [-0.25, -0.2) is 4.79 Å². The van der Waals surface area contributed by atoms with E-state index in [0.29, 0.717) is 12.1 Å².